The summed E-state index contributed by atoms with van der Waals surface area (Å²) in [7, 11) is 3.08. The van der Waals surface area contributed by atoms with Crippen molar-refractivity contribution >= 4 is 23.7 Å². The largest absolute Gasteiger partial charge is 0.493 e. The van der Waals surface area contributed by atoms with Crippen molar-refractivity contribution in [3.05, 3.63) is 41.2 Å². The molecule has 1 aromatic rings. The van der Waals surface area contributed by atoms with Gasteiger partial charge in [0.1, 0.15) is 5.76 Å². The number of nitrogens with one attached hydrogen (secondary N) is 1. The van der Waals surface area contributed by atoms with Crippen LogP contribution in [0.25, 0.3) is 6.08 Å². The van der Waals surface area contributed by atoms with E-state index in [1.54, 1.807) is 44.4 Å². The average molecular weight is 313 g/mol. The summed E-state index contributed by atoms with van der Waals surface area (Å²) in [6.07, 6.45) is 3.18. The molecule has 2 heterocycles. The van der Waals surface area contributed by atoms with Crippen LogP contribution in [0.5, 0.6) is 11.5 Å². The molecule has 1 amide bonds. The molecule has 0 atom stereocenters. The third-order valence-electron chi connectivity index (χ3n) is 3.40. The quantitative estimate of drug-likeness (QED) is 0.864. The third kappa shape index (κ3) is 2.57. The predicted octanol–water partition coefficient (Wildman–Crippen LogP) is 2.15. The van der Waals surface area contributed by atoms with E-state index in [9.17, 15) is 4.79 Å². The van der Waals surface area contributed by atoms with Crippen molar-refractivity contribution in [3.63, 3.8) is 0 Å². The lowest BCUT2D eigenvalue weighted by Crippen LogP contribution is -2.38. The Kier molecular flexibility index (Phi) is 3.61. The second-order valence-corrected chi connectivity index (χ2v) is 4.94. The molecule has 2 aliphatic heterocycles. The Labute approximate surface area is 132 Å². The third-order valence-corrected chi connectivity index (χ3v) is 3.40. The number of aliphatic imine (C=N–C) groups is 1. The molecule has 0 unspecified atom stereocenters. The van der Waals surface area contributed by atoms with Crippen molar-refractivity contribution in [2.75, 3.05) is 14.2 Å². The van der Waals surface area contributed by atoms with Gasteiger partial charge in [-0.05, 0) is 30.7 Å². The van der Waals surface area contributed by atoms with Crippen molar-refractivity contribution in [1.82, 2.24) is 5.06 Å². The van der Waals surface area contributed by atoms with E-state index in [0.717, 1.165) is 0 Å². The van der Waals surface area contributed by atoms with Crippen LogP contribution < -0.4 is 9.47 Å². The van der Waals surface area contributed by atoms with Crippen molar-refractivity contribution in [3.8, 4) is 11.5 Å². The summed E-state index contributed by atoms with van der Waals surface area (Å²) in [4.78, 5) is 21.5. The van der Waals surface area contributed by atoms with E-state index in [0.29, 0.717) is 28.7 Å². The van der Waals surface area contributed by atoms with Gasteiger partial charge in [-0.2, -0.15) is 4.99 Å². The van der Waals surface area contributed by atoms with Gasteiger partial charge < -0.3 is 14.3 Å². The van der Waals surface area contributed by atoms with E-state index in [1.165, 1.54) is 12.2 Å². The number of hydroxylamine groups is 2. The van der Waals surface area contributed by atoms with E-state index in [1.807, 2.05) is 0 Å². The molecule has 2 aliphatic rings. The summed E-state index contributed by atoms with van der Waals surface area (Å²) in [5, 5.41) is 9.39. The zero-order valence-electron chi connectivity index (χ0n) is 12.9. The second kappa shape index (κ2) is 5.60. The number of rotatable bonds is 3. The summed E-state index contributed by atoms with van der Waals surface area (Å²) >= 11 is 0. The number of allylic oxidation sites excluding steroid dienone is 1. The Hall–Kier alpha value is -3.09. The molecule has 23 heavy (non-hydrogen) atoms. The van der Waals surface area contributed by atoms with Gasteiger partial charge in [-0.15, -0.1) is 5.06 Å². The van der Waals surface area contributed by atoms with Crippen LogP contribution in [0.3, 0.4) is 0 Å². The van der Waals surface area contributed by atoms with Crippen molar-refractivity contribution in [2.45, 2.75) is 6.92 Å². The number of nitrogens with zero attached hydrogens (tertiary/aromatic N) is 2. The maximum atomic E-state index is 12.2. The van der Waals surface area contributed by atoms with Crippen molar-refractivity contribution in [2.24, 2.45) is 4.99 Å². The van der Waals surface area contributed by atoms with Crippen LogP contribution in [0, 0.1) is 5.41 Å². The zero-order chi connectivity index (χ0) is 16.6. The highest BCUT2D eigenvalue weighted by Gasteiger charge is 2.34. The van der Waals surface area contributed by atoms with E-state index in [2.05, 4.69) is 4.99 Å². The van der Waals surface area contributed by atoms with Crippen LogP contribution in [0.4, 0.5) is 0 Å². The van der Waals surface area contributed by atoms with Gasteiger partial charge in [0, 0.05) is 6.08 Å². The Balaban J connectivity index is 1.98. The summed E-state index contributed by atoms with van der Waals surface area (Å²) in [6, 6.07) is 5.22. The Morgan fingerprint density at radius 1 is 1.26 bits per heavy atom. The van der Waals surface area contributed by atoms with Crippen LogP contribution in [0.15, 0.2) is 40.6 Å². The van der Waals surface area contributed by atoms with E-state index >= 15 is 0 Å². The molecule has 0 aromatic heterocycles. The fourth-order valence-corrected chi connectivity index (χ4v) is 2.31. The first kappa shape index (κ1) is 14.8. The summed E-state index contributed by atoms with van der Waals surface area (Å²) in [5.74, 6) is 1.49. The molecule has 0 saturated carbocycles. The van der Waals surface area contributed by atoms with Crippen LogP contribution >= 0.6 is 0 Å². The van der Waals surface area contributed by atoms with E-state index < -0.39 is 5.91 Å². The van der Waals surface area contributed by atoms with Crippen molar-refractivity contribution in [1.29, 1.82) is 5.41 Å². The van der Waals surface area contributed by atoms with Crippen LogP contribution in [0.1, 0.15) is 12.5 Å². The van der Waals surface area contributed by atoms with E-state index in [-0.39, 0.29) is 11.4 Å². The lowest BCUT2D eigenvalue weighted by atomic mass is 10.1. The van der Waals surface area contributed by atoms with Gasteiger partial charge in [0.2, 0.25) is 0 Å². The number of ether oxygens (including phenoxy) is 2. The highest BCUT2D eigenvalue weighted by molar-refractivity contribution is 6.32. The van der Waals surface area contributed by atoms with Gasteiger partial charge in [0.25, 0.3) is 5.91 Å². The Bertz CT molecular complexity index is 793. The number of hydrogen-bond donors (Lipinski definition) is 1. The number of fused-ring (bicyclic) bond motifs is 1. The molecule has 1 aromatic carbocycles. The molecule has 0 aliphatic carbocycles. The molecule has 0 bridgehead atoms. The molecule has 0 saturated heterocycles. The predicted molar refractivity (Wildman–Crippen MR) is 84.4 cm³/mol. The Morgan fingerprint density at radius 2 is 2.00 bits per heavy atom. The van der Waals surface area contributed by atoms with E-state index in [4.69, 9.17) is 19.7 Å². The Morgan fingerprint density at radius 3 is 2.70 bits per heavy atom. The van der Waals surface area contributed by atoms with Gasteiger partial charge in [-0.1, -0.05) is 6.07 Å². The standard InChI is InChI=1S/C16H15N3O4/c1-9-6-14-18-16(20)11(15(17)19(14)23-9)7-10-4-5-12(21-2)13(8-10)22-3/h4-8,17H,1-3H3/b11-7-,17-15?. The summed E-state index contributed by atoms with van der Waals surface area (Å²) < 4.78 is 10.4. The second-order valence-electron chi connectivity index (χ2n) is 4.94. The fraction of sp³-hybridized carbons (Fsp3) is 0.188. The minimum Gasteiger partial charge on any atom is -0.493 e. The zero-order valence-corrected chi connectivity index (χ0v) is 12.9. The molecule has 0 radical (unpaired) electrons. The number of amidine groups is 2. The molecule has 0 spiro atoms. The smallest absolute Gasteiger partial charge is 0.282 e. The number of carbonyl (C=O) groups excluding carboxylic acids is 1. The normalized spacial score (nSPS) is 18.4. The van der Waals surface area contributed by atoms with Crippen LogP contribution in [-0.2, 0) is 9.63 Å². The molecule has 3 rings (SSSR count). The average Bonchev–Trinajstić information content (AvgIpc) is 2.91. The van der Waals surface area contributed by atoms with Gasteiger partial charge in [0.15, 0.2) is 23.2 Å². The highest BCUT2D eigenvalue weighted by Crippen LogP contribution is 2.29. The molecular weight excluding hydrogens is 298 g/mol. The number of carbonyl (C=O) groups is 1. The first-order valence-corrected chi connectivity index (χ1v) is 6.85. The van der Waals surface area contributed by atoms with Gasteiger partial charge in [0.05, 0.1) is 19.8 Å². The lowest BCUT2D eigenvalue weighted by molar-refractivity contribution is -0.114. The minimum atomic E-state index is -0.481. The SMILES string of the molecule is COc1ccc(/C=C2/C(=N)N3OC(C)=CC3=NC2=O)cc1OC. The highest BCUT2D eigenvalue weighted by atomic mass is 16.7. The fourth-order valence-electron chi connectivity index (χ4n) is 2.31. The molecule has 7 nitrogen and oxygen atoms in total. The molecule has 0 fully saturated rings. The summed E-state index contributed by atoms with van der Waals surface area (Å²) in [5.41, 5.74) is 0.836. The molecule has 118 valence electrons. The monoisotopic (exact) mass is 313 g/mol. The first-order valence-electron chi connectivity index (χ1n) is 6.85. The number of benzene rings is 1. The number of amides is 1. The van der Waals surface area contributed by atoms with Gasteiger partial charge in [-0.25, -0.2) is 0 Å². The van der Waals surface area contributed by atoms with Crippen molar-refractivity contribution < 1.29 is 19.1 Å². The van der Waals surface area contributed by atoms with Gasteiger partial charge >= 0.3 is 0 Å². The lowest BCUT2D eigenvalue weighted by Gasteiger charge is -2.23. The van der Waals surface area contributed by atoms with Crippen LogP contribution in [-0.4, -0.2) is 36.9 Å². The van der Waals surface area contributed by atoms with Crippen LogP contribution in [0.2, 0.25) is 0 Å². The molecule has 1 N–H and O–H groups in total. The first-order chi connectivity index (χ1) is 11.0. The maximum absolute atomic E-state index is 12.2. The summed E-state index contributed by atoms with van der Waals surface area (Å²) in [6.45, 7) is 1.73. The number of methoxy groups -OCH3 is 2. The maximum Gasteiger partial charge on any atom is 0.282 e. The van der Waals surface area contributed by atoms with Gasteiger partial charge in [-0.3, -0.25) is 10.2 Å². The molecule has 7 heteroatoms. The minimum absolute atomic E-state index is 0.0529. The number of hydrogen-bond acceptors (Lipinski definition) is 5. The topological polar surface area (TPSA) is 84.2 Å². The molecular formula is C16H15N3O4.